The number of hydrogen-bond acceptors (Lipinski definition) is 2. The zero-order valence-electron chi connectivity index (χ0n) is 12.0. The summed E-state index contributed by atoms with van der Waals surface area (Å²) in [5.74, 6) is 0.148. The maximum absolute atomic E-state index is 12.5. The summed E-state index contributed by atoms with van der Waals surface area (Å²) < 4.78 is 28.6. The van der Waals surface area contributed by atoms with Crippen molar-refractivity contribution in [1.82, 2.24) is 4.72 Å². The van der Waals surface area contributed by atoms with E-state index in [0.29, 0.717) is 0 Å². The van der Waals surface area contributed by atoms with E-state index in [4.69, 9.17) is 0 Å². The van der Waals surface area contributed by atoms with Crippen LogP contribution in [-0.2, 0) is 10.0 Å². The zero-order chi connectivity index (χ0) is 15.5. The molecule has 0 aliphatic heterocycles. The molecule has 0 heterocycles. The monoisotopic (exact) mass is 367 g/mol. The third-order valence-electron chi connectivity index (χ3n) is 3.21. The van der Waals surface area contributed by atoms with Gasteiger partial charge in [0.2, 0.25) is 10.0 Å². The van der Waals surface area contributed by atoms with Crippen molar-refractivity contribution in [2.75, 3.05) is 0 Å². The first-order valence-electron chi connectivity index (χ1n) is 6.73. The smallest absolute Gasteiger partial charge is 0.207 e. The van der Waals surface area contributed by atoms with Crippen molar-refractivity contribution in [3.8, 4) is 0 Å². The molecule has 0 saturated carbocycles. The van der Waals surface area contributed by atoms with E-state index in [1.807, 2.05) is 44.2 Å². The Morgan fingerprint density at radius 3 is 2.24 bits per heavy atom. The van der Waals surface area contributed by atoms with Gasteiger partial charge in [0.15, 0.2) is 0 Å². The first kappa shape index (κ1) is 16.2. The number of nitrogens with one attached hydrogen (secondary N) is 1. The second-order valence-electron chi connectivity index (χ2n) is 5.21. The predicted molar refractivity (Wildman–Crippen MR) is 88.5 cm³/mol. The third-order valence-corrected chi connectivity index (χ3v) is 5.15. The lowest BCUT2D eigenvalue weighted by molar-refractivity contribution is 0.463. The minimum absolute atomic E-state index is 0.148. The molecule has 1 atom stereocenters. The van der Waals surface area contributed by atoms with Gasteiger partial charge in [-0.15, -0.1) is 0 Å². The Morgan fingerprint density at radius 2 is 1.67 bits per heavy atom. The molecule has 0 spiro atoms. The molecule has 0 fully saturated rings. The fraction of sp³-hybridized carbons (Fsp3) is 0.250. The van der Waals surface area contributed by atoms with Gasteiger partial charge in [-0.3, -0.25) is 0 Å². The van der Waals surface area contributed by atoms with Gasteiger partial charge in [-0.05, 0) is 29.7 Å². The number of sulfonamides is 1. The van der Waals surface area contributed by atoms with E-state index in [0.717, 1.165) is 10.0 Å². The topological polar surface area (TPSA) is 46.2 Å². The van der Waals surface area contributed by atoms with Crippen molar-refractivity contribution >= 4 is 26.0 Å². The van der Waals surface area contributed by atoms with E-state index in [1.54, 1.807) is 24.3 Å². The molecule has 5 heteroatoms. The Bertz CT molecular complexity index is 699. The summed E-state index contributed by atoms with van der Waals surface area (Å²) >= 11 is 3.30. The van der Waals surface area contributed by atoms with Gasteiger partial charge in [0.25, 0.3) is 0 Å². The van der Waals surface area contributed by atoms with Gasteiger partial charge in [-0.2, -0.15) is 0 Å². The summed E-state index contributed by atoms with van der Waals surface area (Å²) in [7, 11) is -3.56. The van der Waals surface area contributed by atoms with E-state index in [9.17, 15) is 8.42 Å². The van der Waals surface area contributed by atoms with Crippen LogP contribution >= 0.6 is 15.9 Å². The van der Waals surface area contributed by atoms with Gasteiger partial charge in [0, 0.05) is 10.5 Å². The highest BCUT2D eigenvalue weighted by Gasteiger charge is 2.23. The number of halogens is 1. The SMILES string of the molecule is CC(C)C(NS(=O)(=O)c1cccc(Br)c1)c1ccccc1. The minimum atomic E-state index is -3.56. The zero-order valence-corrected chi connectivity index (χ0v) is 14.4. The highest BCUT2D eigenvalue weighted by molar-refractivity contribution is 9.10. The number of hydrogen-bond donors (Lipinski definition) is 1. The molecule has 0 aliphatic carbocycles. The van der Waals surface area contributed by atoms with Crippen LogP contribution in [0.4, 0.5) is 0 Å². The molecule has 0 aromatic heterocycles. The molecule has 0 aliphatic rings. The van der Waals surface area contributed by atoms with Gasteiger partial charge >= 0.3 is 0 Å². The second-order valence-corrected chi connectivity index (χ2v) is 7.84. The quantitative estimate of drug-likeness (QED) is 0.863. The highest BCUT2D eigenvalue weighted by Crippen LogP contribution is 2.25. The lowest BCUT2D eigenvalue weighted by Crippen LogP contribution is -2.31. The first-order valence-corrected chi connectivity index (χ1v) is 9.00. The number of rotatable bonds is 5. The van der Waals surface area contributed by atoms with Crippen LogP contribution in [0.15, 0.2) is 64.0 Å². The van der Waals surface area contributed by atoms with Gasteiger partial charge in [-0.1, -0.05) is 66.2 Å². The summed E-state index contributed by atoms with van der Waals surface area (Å²) in [6.45, 7) is 4.00. The Labute approximate surface area is 134 Å². The molecule has 112 valence electrons. The van der Waals surface area contributed by atoms with E-state index in [1.165, 1.54) is 0 Å². The van der Waals surface area contributed by atoms with Crippen molar-refractivity contribution in [3.63, 3.8) is 0 Å². The number of benzene rings is 2. The molecular formula is C16H18BrNO2S. The summed E-state index contributed by atoms with van der Waals surface area (Å²) in [5.41, 5.74) is 0.964. The molecule has 2 rings (SSSR count). The van der Waals surface area contributed by atoms with E-state index in [2.05, 4.69) is 20.7 Å². The normalized spacial score (nSPS) is 13.3. The van der Waals surface area contributed by atoms with Crippen molar-refractivity contribution in [3.05, 3.63) is 64.6 Å². The average Bonchev–Trinajstić information content (AvgIpc) is 2.45. The fourth-order valence-electron chi connectivity index (χ4n) is 2.12. The largest absolute Gasteiger partial charge is 0.241 e. The van der Waals surface area contributed by atoms with Crippen LogP contribution in [0, 0.1) is 5.92 Å². The lowest BCUT2D eigenvalue weighted by Gasteiger charge is -2.22. The molecule has 0 radical (unpaired) electrons. The standard InChI is InChI=1S/C16H18BrNO2S/c1-12(2)16(13-7-4-3-5-8-13)18-21(19,20)15-10-6-9-14(17)11-15/h3-12,16,18H,1-2H3. The Balaban J connectivity index is 2.33. The summed E-state index contributed by atoms with van der Waals surface area (Å²) in [5, 5.41) is 0. The molecule has 21 heavy (non-hydrogen) atoms. The van der Waals surface area contributed by atoms with E-state index in [-0.39, 0.29) is 16.9 Å². The molecule has 0 saturated heterocycles. The van der Waals surface area contributed by atoms with Crippen molar-refractivity contribution in [2.24, 2.45) is 5.92 Å². The van der Waals surface area contributed by atoms with Crippen molar-refractivity contribution in [2.45, 2.75) is 24.8 Å². The minimum Gasteiger partial charge on any atom is -0.207 e. The van der Waals surface area contributed by atoms with Crippen LogP contribution in [0.5, 0.6) is 0 Å². The average molecular weight is 368 g/mol. The van der Waals surface area contributed by atoms with Crippen LogP contribution in [0.3, 0.4) is 0 Å². The Hall–Kier alpha value is -1.17. The Morgan fingerprint density at radius 1 is 1.00 bits per heavy atom. The summed E-state index contributed by atoms with van der Waals surface area (Å²) in [4.78, 5) is 0.262. The summed E-state index contributed by atoms with van der Waals surface area (Å²) in [6.07, 6.45) is 0. The van der Waals surface area contributed by atoms with Gasteiger partial charge in [0.1, 0.15) is 0 Å². The molecule has 0 amide bonds. The van der Waals surface area contributed by atoms with E-state index >= 15 is 0 Å². The molecule has 1 unspecified atom stereocenters. The van der Waals surface area contributed by atoms with Crippen molar-refractivity contribution in [1.29, 1.82) is 0 Å². The highest BCUT2D eigenvalue weighted by atomic mass is 79.9. The van der Waals surface area contributed by atoms with Gasteiger partial charge < -0.3 is 0 Å². The predicted octanol–water partition coefficient (Wildman–Crippen LogP) is 4.12. The second kappa shape index (κ2) is 6.73. The molecule has 1 N–H and O–H groups in total. The summed E-state index contributed by atoms with van der Waals surface area (Å²) in [6, 6.07) is 16.1. The van der Waals surface area contributed by atoms with Gasteiger partial charge in [-0.25, -0.2) is 13.1 Å². The van der Waals surface area contributed by atoms with Crippen LogP contribution in [-0.4, -0.2) is 8.42 Å². The van der Waals surface area contributed by atoms with Crippen LogP contribution in [0.2, 0.25) is 0 Å². The molecule has 2 aromatic carbocycles. The lowest BCUT2D eigenvalue weighted by atomic mass is 9.97. The van der Waals surface area contributed by atoms with Crippen LogP contribution in [0.1, 0.15) is 25.5 Å². The maximum atomic E-state index is 12.5. The third kappa shape index (κ3) is 4.15. The van der Waals surface area contributed by atoms with Gasteiger partial charge in [0.05, 0.1) is 4.90 Å². The van der Waals surface area contributed by atoms with Crippen LogP contribution in [0.25, 0.3) is 0 Å². The van der Waals surface area contributed by atoms with E-state index < -0.39 is 10.0 Å². The maximum Gasteiger partial charge on any atom is 0.241 e. The molecular weight excluding hydrogens is 350 g/mol. The molecule has 3 nitrogen and oxygen atoms in total. The fourth-order valence-corrected chi connectivity index (χ4v) is 4.09. The van der Waals surface area contributed by atoms with Crippen LogP contribution < -0.4 is 4.72 Å². The molecule has 0 bridgehead atoms. The van der Waals surface area contributed by atoms with Crippen molar-refractivity contribution < 1.29 is 8.42 Å². The first-order chi connectivity index (χ1) is 9.90. The molecule has 2 aromatic rings. The Kier molecular flexibility index (Phi) is 5.19.